The molecule has 1 aliphatic rings. The number of rotatable bonds is 5. The lowest BCUT2D eigenvalue weighted by atomic mass is 9.78. The fraction of sp³-hybridized carbons (Fsp3) is 0.667. The minimum absolute atomic E-state index is 0.00893. The Morgan fingerprint density at radius 3 is 2.73 bits per heavy atom. The van der Waals surface area contributed by atoms with Gasteiger partial charge >= 0.3 is 0 Å². The lowest BCUT2D eigenvalue weighted by Crippen LogP contribution is -2.43. The molecule has 0 bridgehead atoms. The van der Waals surface area contributed by atoms with Gasteiger partial charge in [-0.1, -0.05) is 26.7 Å². The van der Waals surface area contributed by atoms with Gasteiger partial charge in [0.15, 0.2) is 0 Å². The number of hydrogen-bond donors (Lipinski definition) is 2. The molecule has 3 atom stereocenters. The van der Waals surface area contributed by atoms with Crippen molar-refractivity contribution in [3.63, 3.8) is 0 Å². The molecule has 0 unspecified atom stereocenters. The highest BCUT2D eigenvalue weighted by Crippen LogP contribution is 2.31. The zero-order valence-electron chi connectivity index (χ0n) is 13.3. The summed E-state index contributed by atoms with van der Waals surface area (Å²) in [6.45, 7) is 6.11. The molecular formula is C15H24N2O3S2. The Morgan fingerprint density at radius 2 is 2.05 bits per heavy atom. The van der Waals surface area contributed by atoms with Crippen LogP contribution in [-0.4, -0.2) is 20.4 Å². The van der Waals surface area contributed by atoms with E-state index in [0.29, 0.717) is 22.6 Å². The average Bonchev–Trinajstić information content (AvgIpc) is 2.91. The van der Waals surface area contributed by atoms with Crippen LogP contribution in [0.15, 0.2) is 16.3 Å². The Balaban J connectivity index is 2.05. The molecule has 1 aromatic heterocycles. The van der Waals surface area contributed by atoms with E-state index in [9.17, 15) is 13.2 Å². The second kappa shape index (κ2) is 7.10. The molecule has 1 heterocycles. The number of carbonyl (C=O) groups is 1. The van der Waals surface area contributed by atoms with Crippen molar-refractivity contribution in [2.24, 2.45) is 11.8 Å². The average molecular weight is 345 g/mol. The van der Waals surface area contributed by atoms with Gasteiger partial charge in [-0.25, -0.2) is 13.1 Å². The van der Waals surface area contributed by atoms with E-state index in [1.54, 1.807) is 12.1 Å². The molecule has 1 amide bonds. The third kappa shape index (κ3) is 4.30. The molecule has 1 saturated carbocycles. The molecule has 124 valence electrons. The number of thiophene rings is 1. The van der Waals surface area contributed by atoms with Gasteiger partial charge in [-0.3, -0.25) is 4.79 Å². The smallest absolute Gasteiger partial charge is 0.250 e. The van der Waals surface area contributed by atoms with E-state index in [1.807, 2.05) is 0 Å². The van der Waals surface area contributed by atoms with E-state index in [4.69, 9.17) is 0 Å². The van der Waals surface area contributed by atoms with Crippen molar-refractivity contribution in [2.75, 3.05) is 0 Å². The first-order valence-corrected chi connectivity index (χ1v) is 9.95. The molecule has 7 heteroatoms. The molecule has 0 aliphatic heterocycles. The summed E-state index contributed by atoms with van der Waals surface area (Å²) < 4.78 is 28.2. The maximum atomic E-state index is 12.5. The third-order valence-corrected chi connectivity index (χ3v) is 7.49. The van der Waals surface area contributed by atoms with Crippen LogP contribution in [0, 0.1) is 11.8 Å². The zero-order chi connectivity index (χ0) is 16.3. The van der Waals surface area contributed by atoms with Crippen LogP contribution in [0.4, 0.5) is 0 Å². The van der Waals surface area contributed by atoms with E-state index < -0.39 is 10.0 Å². The zero-order valence-corrected chi connectivity index (χ0v) is 14.9. The first kappa shape index (κ1) is 17.4. The Labute approximate surface area is 136 Å². The highest BCUT2D eigenvalue weighted by Gasteiger charge is 2.31. The summed E-state index contributed by atoms with van der Waals surface area (Å²) in [6.07, 6.45) is 3.13. The number of amides is 1. The molecular weight excluding hydrogens is 320 g/mol. The standard InChI is InChI=1S/C15H24N2O3S2/c1-10-5-4-6-14(11(10)2)17-22(19,20)15-8-7-13(21-15)9-16-12(3)18/h7-8,10-11,14,17H,4-6,9H2,1-3H3,(H,16,18)/t10-,11+,14-/m1/s1. The van der Waals surface area contributed by atoms with Crippen molar-refractivity contribution < 1.29 is 13.2 Å². The quantitative estimate of drug-likeness (QED) is 0.862. The topological polar surface area (TPSA) is 75.3 Å². The minimum Gasteiger partial charge on any atom is -0.351 e. The van der Waals surface area contributed by atoms with Crippen LogP contribution in [0.3, 0.4) is 0 Å². The van der Waals surface area contributed by atoms with Gasteiger partial charge in [0.2, 0.25) is 15.9 Å². The van der Waals surface area contributed by atoms with E-state index in [0.717, 1.165) is 17.7 Å². The van der Waals surface area contributed by atoms with Crippen molar-refractivity contribution in [2.45, 2.75) is 56.8 Å². The first-order chi connectivity index (χ1) is 10.3. The summed E-state index contributed by atoms with van der Waals surface area (Å²) in [6, 6.07) is 3.37. The van der Waals surface area contributed by atoms with Gasteiger partial charge in [-0.2, -0.15) is 0 Å². The number of carbonyl (C=O) groups excluding carboxylic acids is 1. The second-order valence-corrected chi connectivity index (χ2v) is 9.23. The molecule has 22 heavy (non-hydrogen) atoms. The predicted octanol–water partition coefficient (Wildman–Crippen LogP) is 2.49. The molecule has 1 fully saturated rings. The van der Waals surface area contributed by atoms with Crippen LogP contribution < -0.4 is 10.0 Å². The van der Waals surface area contributed by atoms with Gasteiger partial charge in [0, 0.05) is 17.8 Å². The van der Waals surface area contributed by atoms with Gasteiger partial charge in [0.05, 0.1) is 6.54 Å². The van der Waals surface area contributed by atoms with Crippen LogP contribution in [-0.2, 0) is 21.4 Å². The van der Waals surface area contributed by atoms with Crippen LogP contribution in [0.1, 0.15) is 44.9 Å². The van der Waals surface area contributed by atoms with Crippen LogP contribution in [0.5, 0.6) is 0 Å². The van der Waals surface area contributed by atoms with Crippen molar-refractivity contribution in [1.82, 2.24) is 10.0 Å². The number of sulfonamides is 1. The number of hydrogen-bond acceptors (Lipinski definition) is 4. The summed E-state index contributed by atoms with van der Waals surface area (Å²) >= 11 is 1.21. The van der Waals surface area contributed by atoms with Gasteiger partial charge in [-0.15, -0.1) is 11.3 Å². The Bertz CT molecular complexity index is 624. The largest absolute Gasteiger partial charge is 0.351 e. The van der Waals surface area contributed by atoms with Gasteiger partial charge in [0.1, 0.15) is 4.21 Å². The Kier molecular flexibility index (Phi) is 5.63. The molecule has 2 N–H and O–H groups in total. The molecule has 0 radical (unpaired) electrons. The summed E-state index contributed by atoms with van der Waals surface area (Å²) in [5.74, 6) is 0.767. The predicted molar refractivity (Wildman–Crippen MR) is 88.1 cm³/mol. The van der Waals surface area contributed by atoms with E-state index >= 15 is 0 Å². The summed E-state index contributed by atoms with van der Waals surface area (Å²) in [5.41, 5.74) is 0. The fourth-order valence-corrected chi connectivity index (χ4v) is 5.49. The highest BCUT2D eigenvalue weighted by molar-refractivity contribution is 7.91. The van der Waals surface area contributed by atoms with E-state index in [1.165, 1.54) is 24.7 Å². The van der Waals surface area contributed by atoms with Crippen LogP contribution in [0.2, 0.25) is 0 Å². The summed E-state index contributed by atoms with van der Waals surface area (Å²) in [7, 11) is -3.48. The fourth-order valence-electron chi connectivity index (χ4n) is 2.81. The van der Waals surface area contributed by atoms with Crippen molar-refractivity contribution in [1.29, 1.82) is 0 Å². The molecule has 0 aromatic carbocycles. The normalized spacial score (nSPS) is 25.9. The van der Waals surface area contributed by atoms with E-state index in [-0.39, 0.29) is 11.9 Å². The van der Waals surface area contributed by atoms with Gasteiger partial charge in [-0.05, 0) is 30.4 Å². The monoisotopic (exact) mass is 344 g/mol. The third-order valence-electron chi connectivity index (χ3n) is 4.43. The molecule has 1 aliphatic carbocycles. The van der Waals surface area contributed by atoms with Gasteiger partial charge < -0.3 is 5.32 Å². The molecule has 2 rings (SSSR count). The minimum atomic E-state index is -3.48. The van der Waals surface area contributed by atoms with Crippen molar-refractivity contribution >= 4 is 27.3 Å². The molecule has 0 spiro atoms. The van der Waals surface area contributed by atoms with E-state index in [2.05, 4.69) is 23.9 Å². The Hall–Kier alpha value is -0.920. The maximum Gasteiger partial charge on any atom is 0.250 e. The number of nitrogens with one attached hydrogen (secondary N) is 2. The van der Waals surface area contributed by atoms with Crippen molar-refractivity contribution in [3.05, 3.63) is 17.0 Å². The summed E-state index contributed by atoms with van der Waals surface area (Å²) in [5, 5.41) is 2.68. The lowest BCUT2D eigenvalue weighted by molar-refractivity contribution is -0.119. The SMILES string of the molecule is CC(=O)NCc1ccc(S(=O)(=O)N[C@@H]2CCC[C@@H](C)[C@@H]2C)s1. The highest BCUT2D eigenvalue weighted by atomic mass is 32.2. The molecule has 1 aromatic rings. The summed E-state index contributed by atoms with van der Waals surface area (Å²) in [4.78, 5) is 11.7. The van der Waals surface area contributed by atoms with Crippen molar-refractivity contribution in [3.8, 4) is 0 Å². The maximum absolute atomic E-state index is 12.5. The molecule has 5 nitrogen and oxygen atoms in total. The first-order valence-electron chi connectivity index (χ1n) is 7.65. The second-order valence-electron chi connectivity index (χ2n) is 6.13. The van der Waals surface area contributed by atoms with Crippen LogP contribution in [0.25, 0.3) is 0 Å². The lowest BCUT2D eigenvalue weighted by Gasteiger charge is -2.34. The van der Waals surface area contributed by atoms with Gasteiger partial charge in [0.25, 0.3) is 0 Å². The van der Waals surface area contributed by atoms with Crippen LogP contribution >= 0.6 is 11.3 Å². The molecule has 0 saturated heterocycles. The Morgan fingerprint density at radius 1 is 1.32 bits per heavy atom.